The van der Waals surface area contributed by atoms with Crippen molar-refractivity contribution in [1.82, 2.24) is 0 Å². The molecule has 0 saturated heterocycles. The molecule has 29 heavy (non-hydrogen) atoms. The average molecular weight is 437 g/mol. The Balaban J connectivity index is 4.74. The lowest BCUT2D eigenvalue weighted by Gasteiger charge is -2.19. The molecule has 7 nitrogen and oxygen atoms in total. The lowest BCUT2D eigenvalue weighted by molar-refractivity contribution is -0.153. The second-order valence-corrected chi connectivity index (χ2v) is 9.41. The number of unbranched alkanes of at least 4 members (excludes halogenated alkanes) is 1. The van der Waals surface area contributed by atoms with Gasteiger partial charge in [0, 0.05) is 0 Å². The van der Waals surface area contributed by atoms with Crippen molar-refractivity contribution >= 4 is 22.1 Å². The van der Waals surface area contributed by atoms with Crippen LogP contribution in [0.3, 0.4) is 0 Å². The van der Waals surface area contributed by atoms with Crippen molar-refractivity contribution in [2.45, 2.75) is 104 Å². The predicted octanol–water partition coefficient (Wildman–Crippen LogP) is 4.54. The first kappa shape index (κ1) is 27.8. The molecule has 0 aromatic heterocycles. The molecule has 0 saturated carbocycles. The van der Waals surface area contributed by atoms with E-state index in [1.807, 2.05) is 6.92 Å². The maximum absolute atomic E-state index is 12.2. The van der Waals surface area contributed by atoms with Crippen LogP contribution in [0.25, 0.3) is 0 Å². The van der Waals surface area contributed by atoms with Crippen molar-refractivity contribution in [2.24, 2.45) is 11.8 Å². The van der Waals surface area contributed by atoms with Crippen LogP contribution in [0.4, 0.5) is 0 Å². The number of carbonyl (C=O) groups excluding carboxylic acids is 2. The van der Waals surface area contributed by atoms with Gasteiger partial charge in [0.15, 0.2) is 5.25 Å². The summed E-state index contributed by atoms with van der Waals surface area (Å²) in [5, 5.41) is -1.95. The quantitative estimate of drug-likeness (QED) is 0.279. The zero-order valence-electron chi connectivity index (χ0n) is 18.7. The maximum Gasteiger partial charge on any atom is 0.327 e. The Morgan fingerprint density at radius 2 is 1.52 bits per heavy atom. The minimum Gasteiger partial charge on any atom is -0.464 e. The number of rotatable bonds is 16. The Morgan fingerprint density at radius 1 is 0.931 bits per heavy atom. The highest BCUT2D eigenvalue weighted by Crippen LogP contribution is 2.19. The van der Waals surface area contributed by atoms with Crippen LogP contribution in [0.1, 0.15) is 92.4 Å². The molecule has 0 spiro atoms. The largest absolute Gasteiger partial charge is 0.464 e. The summed E-state index contributed by atoms with van der Waals surface area (Å²) in [6.45, 7) is 10.1. The third kappa shape index (κ3) is 12.2. The Bertz CT molecular complexity index is 570. The number of carbonyl (C=O) groups is 2. The van der Waals surface area contributed by atoms with Crippen LogP contribution >= 0.6 is 0 Å². The summed E-state index contributed by atoms with van der Waals surface area (Å²) in [6, 6.07) is 0. The topological polar surface area (TPSA) is 107 Å². The smallest absolute Gasteiger partial charge is 0.327 e. The Labute approximate surface area is 176 Å². The van der Waals surface area contributed by atoms with Gasteiger partial charge >= 0.3 is 11.9 Å². The fraction of sp³-hybridized carbons (Fsp3) is 0.905. The van der Waals surface area contributed by atoms with E-state index in [0.29, 0.717) is 12.3 Å². The van der Waals surface area contributed by atoms with Gasteiger partial charge in [-0.3, -0.25) is 14.1 Å². The van der Waals surface area contributed by atoms with Gasteiger partial charge < -0.3 is 9.47 Å². The second-order valence-electron chi connectivity index (χ2n) is 7.81. The molecule has 0 bridgehead atoms. The summed E-state index contributed by atoms with van der Waals surface area (Å²) >= 11 is 0. The standard InChI is InChI=1S/C21H40O7S/c1-6-10-11-18(9-4)15-27-21(23)19(29(24,25)26)14-20(22)28-16(5)12-13-17(7-2)8-3/h16-19H,6-15H2,1-5H3,(H,24,25,26). The van der Waals surface area contributed by atoms with Crippen LogP contribution in [0.5, 0.6) is 0 Å². The van der Waals surface area contributed by atoms with E-state index in [0.717, 1.165) is 44.9 Å². The summed E-state index contributed by atoms with van der Waals surface area (Å²) in [7, 11) is -4.78. The van der Waals surface area contributed by atoms with Crippen LogP contribution in [0.2, 0.25) is 0 Å². The first-order chi connectivity index (χ1) is 13.6. The molecule has 8 heteroatoms. The molecule has 0 aliphatic heterocycles. The number of ether oxygens (including phenoxy) is 2. The average Bonchev–Trinajstić information content (AvgIpc) is 2.66. The normalized spacial score (nSPS) is 15.0. The van der Waals surface area contributed by atoms with Crippen LogP contribution < -0.4 is 0 Å². The Hall–Kier alpha value is -1.15. The van der Waals surface area contributed by atoms with Gasteiger partial charge in [-0.25, -0.2) is 0 Å². The molecule has 172 valence electrons. The lowest BCUT2D eigenvalue weighted by atomic mass is 9.96. The number of hydrogen-bond donors (Lipinski definition) is 1. The van der Waals surface area contributed by atoms with Crippen LogP contribution in [0.15, 0.2) is 0 Å². The van der Waals surface area contributed by atoms with E-state index in [9.17, 15) is 22.6 Å². The van der Waals surface area contributed by atoms with Crippen molar-refractivity contribution < 1.29 is 32.0 Å². The number of hydrogen-bond acceptors (Lipinski definition) is 6. The van der Waals surface area contributed by atoms with Crippen LogP contribution in [-0.4, -0.2) is 42.9 Å². The van der Waals surface area contributed by atoms with Crippen molar-refractivity contribution in [3.63, 3.8) is 0 Å². The molecule has 0 aliphatic rings. The first-order valence-electron chi connectivity index (χ1n) is 10.9. The van der Waals surface area contributed by atoms with Gasteiger partial charge in [-0.15, -0.1) is 0 Å². The summed E-state index contributed by atoms with van der Waals surface area (Å²) in [6.07, 6.45) is 6.18. The van der Waals surface area contributed by atoms with E-state index in [-0.39, 0.29) is 18.6 Å². The third-order valence-corrected chi connectivity index (χ3v) is 6.53. The molecule has 3 unspecified atom stereocenters. The fourth-order valence-electron chi connectivity index (χ4n) is 3.15. The molecular weight excluding hydrogens is 396 g/mol. The van der Waals surface area contributed by atoms with Gasteiger partial charge in [0.25, 0.3) is 10.1 Å². The highest BCUT2D eigenvalue weighted by molar-refractivity contribution is 7.87. The molecule has 0 amide bonds. The van der Waals surface area contributed by atoms with Crippen LogP contribution in [0, 0.1) is 11.8 Å². The Morgan fingerprint density at radius 3 is 2.00 bits per heavy atom. The molecule has 0 radical (unpaired) electrons. The van der Waals surface area contributed by atoms with Gasteiger partial charge in [-0.05, 0) is 38.0 Å². The van der Waals surface area contributed by atoms with E-state index in [4.69, 9.17) is 9.47 Å². The molecule has 0 aromatic carbocycles. The summed E-state index contributed by atoms with van der Waals surface area (Å²) in [5.74, 6) is -1.27. The zero-order valence-corrected chi connectivity index (χ0v) is 19.5. The summed E-state index contributed by atoms with van der Waals surface area (Å²) in [4.78, 5) is 24.4. The van der Waals surface area contributed by atoms with E-state index in [1.165, 1.54) is 0 Å². The molecule has 0 heterocycles. The first-order valence-corrected chi connectivity index (χ1v) is 12.4. The van der Waals surface area contributed by atoms with Gasteiger partial charge in [0.05, 0.1) is 19.1 Å². The maximum atomic E-state index is 12.2. The molecule has 0 aliphatic carbocycles. The minimum atomic E-state index is -4.78. The van der Waals surface area contributed by atoms with Crippen molar-refractivity contribution in [1.29, 1.82) is 0 Å². The van der Waals surface area contributed by atoms with Gasteiger partial charge in [-0.1, -0.05) is 59.8 Å². The highest BCUT2D eigenvalue weighted by Gasteiger charge is 2.36. The second kappa shape index (κ2) is 14.8. The van der Waals surface area contributed by atoms with E-state index in [2.05, 4.69) is 20.8 Å². The van der Waals surface area contributed by atoms with Crippen molar-refractivity contribution in [2.75, 3.05) is 6.61 Å². The monoisotopic (exact) mass is 436 g/mol. The van der Waals surface area contributed by atoms with E-state index >= 15 is 0 Å². The Kier molecular flexibility index (Phi) is 14.2. The van der Waals surface area contributed by atoms with Gasteiger partial charge in [-0.2, -0.15) is 8.42 Å². The molecule has 0 fully saturated rings. The molecular formula is C21H40O7S. The SMILES string of the molecule is CCCCC(CC)COC(=O)C(CC(=O)OC(C)CCC(CC)CC)S(=O)(=O)O. The number of esters is 2. The molecule has 1 N–H and O–H groups in total. The summed E-state index contributed by atoms with van der Waals surface area (Å²) in [5.41, 5.74) is 0. The van der Waals surface area contributed by atoms with E-state index < -0.39 is 33.7 Å². The zero-order chi connectivity index (χ0) is 22.4. The van der Waals surface area contributed by atoms with Gasteiger partial charge in [0.1, 0.15) is 0 Å². The minimum absolute atomic E-state index is 0.0717. The fourth-order valence-corrected chi connectivity index (χ4v) is 3.81. The van der Waals surface area contributed by atoms with Crippen LogP contribution in [-0.2, 0) is 29.2 Å². The highest BCUT2D eigenvalue weighted by atomic mass is 32.2. The van der Waals surface area contributed by atoms with Gasteiger partial charge in [0.2, 0.25) is 0 Å². The van der Waals surface area contributed by atoms with Crippen molar-refractivity contribution in [3.8, 4) is 0 Å². The predicted molar refractivity (Wildman–Crippen MR) is 113 cm³/mol. The van der Waals surface area contributed by atoms with Crippen molar-refractivity contribution in [3.05, 3.63) is 0 Å². The summed E-state index contributed by atoms with van der Waals surface area (Å²) < 4.78 is 43.0. The lowest BCUT2D eigenvalue weighted by Crippen LogP contribution is -2.36. The molecule has 0 aromatic rings. The van der Waals surface area contributed by atoms with E-state index in [1.54, 1.807) is 6.92 Å². The molecule has 3 atom stereocenters. The molecule has 0 rings (SSSR count). The third-order valence-electron chi connectivity index (χ3n) is 5.45.